The minimum Gasteiger partial charge on any atom is -0.423 e. The number of aromatic nitrogens is 6. The first kappa shape index (κ1) is 52.8. The molecule has 0 atom stereocenters. The number of nitriles is 2. The molecular weight excluding hydrogens is 1020 g/mol. The molecule has 6 aromatic heterocycles. The second-order valence-electron chi connectivity index (χ2n) is 17.8. The van der Waals surface area contributed by atoms with Gasteiger partial charge in [0, 0.05) is 78.3 Å². The van der Waals surface area contributed by atoms with Crippen LogP contribution in [0.15, 0.2) is 139 Å². The van der Waals surface area contributed by atoms with Crippen LogP contribution in [-0.2, 0) is 0 Å². The lowest BCUT2D eigenvalue weighted by molar-refractivity contribution is 0.0950. The van der Waals surface area contributed by atoms with Crippen LogP contribution < -0.4 is 25.9 Å². The van der Waals surface area contributed by atoms with Gasteiger partial charge in [-0.3, -0.25) is 29.0 Å². The zero-order valence-electron chi connectivity index (χ0n) is 41.2. The summed E-state index contributed by atoms with van der Waals surface area (Å²) in [4.78, 5) is 62.7. The van der Waals surface area contributed by atoms with E-state index in [2.05, 4.69) is 58.9 Å². The average Bonchev–Trinajstić information content (AvgIpc) is 4.32. The molecule has 0 radical (unpaired) electrons. The number of hydrogen-bond acceptors (Lipinski definition) is 12. The van der Waals surface area contributed by atoms with Crippen molar-refractivity contribution in [3.63, 3.8) is 0 Å². The van der Waals surface area contributed by atoms with Gasteiger partial charge in [0.2, 0.25) is 0 Å². The molecule has 8 aromatic rings. The Kier molecular flexibility index (Phi) is 17.2. The highest BCUT2D eigenvalue weighted by atomic mass is 79.9. The average molecular weight is 1070 g/mol. The van der Waals surface area contributed by atoms with Crippen molar-refractivity contribution in [3.05, 3.63) is 172 Å². The van der Waals surface area contributed by atoms with Crippen LogP contribution in [0.4, 0.5) is 11.6 Å². The fourth-order valence-electron chi connectivity index (χ4n) is 9.14. The first-order chi connectivity index (χ1) is 36.4. The van der Waals surface area contributed by atoms with Gasteiger partial charge < -0.3 is 20.7 Å². The molecule has 0 spiro atoms. The maximum Gasteiger partial charge on any atom is 0.488 e. The highest BCUT2D eigenvalue weighted by Crippen LogP contribution is 2.32. The molecule has 0 unspecified atom stereocenters. The molecule has 75 heavy (non-hydrogen) atoms. The van der Waals surface area contributed by atoms with E-state index in [1.54, 1.807) is 92.1 Å². The van der Waals surface area contributed by atoms with Gasteiger partial charge in [-0.25, -0.2) is 19.0 Å². The molecule has 2 aliphatic rings. The lowest BCUT2D eigenvalue weighted by Crippen LogP contribution is -2.39. The minimum absolute atomic E-state index is 0.0698. The van der Waals surface area contributed by atoms with Crippen LogP contribution in [0.2, 0.25) is 0 Å². The Morgan fingerprint density at radius 3 is 1.60 bits per heavy atom. The Bertz CT molecular complexity index is 3400. The molecule has 18 nitrogen and oxygen atoms in total. The number of anilines is 2. The zero-order chi connectivity index (χ0) is 53.0. The molecule has 6 heterocycles. The number of hydrogen-bond donors (Lipinski definition) is 4. The number of carbonyl (C=O) groups is 4. The molecule has 0 aliphatic heterocycles. The van der Waals surface area contributed by atoms with Crippen LogP contribution in [0, 0.1) is 22.7 Å². The minimum atomic E-state index is -1.49. The van der Waals surface area contributed by atoms with Crippen molar-refractivity contribution in [1.29, 1.82) is 10.5 Å². The quantitative estimate of drug-likeness (QED) is 0.0934. The van der Waals surface area contributed by atoms with Gasteiger partial charge in [0.15, 0.2) is 0 Å². The second-order valence-corrected chi connectivity index (χ2v) is 18.7. The molecule has 4 N–H and O–H groups in total. The summed E-state index contributed by atoms with van der Waals surface area (Å²) in [7, 11) is 0.0515. The van der Waals surface area contributed by atoms with Crippen LogP contribution in [-0.4, -0.2) is 95.7 Å². The van der Waals surface area contributed by atoms with Gasteiger partial charge in [0.25, 0.3) is 23.6 Å². The number of fused-ring (bicyclic) bond motifs is 2. The molecule has 0 bridgehead atoms. The smallest absolute Gasteiger partial charge is 0.423 e. The van der Waals surface area contributed by atoms with E-state index >= 15 is 0 Å². The zero-order valence-corrected chi connectivity index (χ0v) is 42.8. The van der Waals surface area contributed by atoms with Gasteiger partial charge in [-0.2, -0.15) is 20.7 Å². The number of pyridine rings is 4. The summed E-state index contributed by atoms with van der Waals surface area (Å²) in [6.45, 7) is 2.46. The molecular formula is C55H52BBrN12O6. The van der Waals surface area contributed by atoms with E-state index < -0.39 is 7.12 Å². The highest BCUT2D eigenvalue weighted by Gasteiger charge is 2.32. The summed E-state index contributed by atoms with van der Waals surface area (Å²) in [5.41, 5.74) is 6.95. The third-order valence-electron chi connectivity index (χ3n) is 13.0. The summed E-state index contributed by atoms with van der Waals surface area (Å²) in [6.07, 6.45) is 18.2. The summed E-state index contributed by atoms with van der Waals surface area (Å²) in [5, 5.41) is 49.6. The Balaban J connectivity index is 0.000000166. The van der Waals surface area contributed by atoms with E-state index in [1.165, 1.54) is 43.7 Å². The molecule has 2 saturated carbocycles. The third kappa shape index (κ3) is 12.3. The topological polar surface area (TPSA) is 247 Å². The van der Waals surface area contributed by atoms with Crippen LogP contribution in [0.25, 0.3) is 22.2 Å². The summed E-state index contributed by atoms with van der Waals surface area (Å²) in [5.74, 6) is 0.637. The number of nitrogens with zero attached hydrogens (tertiary/aromatic N) is 10. The molecule has 2 aromatic carbocycles. The predicted octanol–water partition coefficient (Wildman–Crippen LogP) is 7.29. The Morgan fingerprint density at radius 1 is 0.653 bits per heavy atom. The van der Waals surface area contributed by atoms with Gasteiger partial charge >= 0.3 is 7.12 Å². The highest BCUT2D eigenvalue weighted by molar-refractivity contribution is 9.10. The van der Waals surface area contributed by atoms with E-state index in [-0.39, 0.29) is 35.7 Å². The number of benzene rings is 2. The first-order valence-electron chi connectivity index (χ1n) is 24.5. The molecule has 2 fully saturated rings. The largest absolute Gasteiger partial charge is 0.488 e. The normalized spacial score (nSPS) is 13.1. The first-order valence-corrected chi connectivity index (χ1v) is 25.3. The second kappa shape index (κ2) is 24.4. The lowest BCUT2D eigenvalue weighted by Gasteiger charge is -2.28. The summed E-state index contributed by atoms with van der Waals surface area (Å²) >= 11 is 3.46. The monoisotopic (exact) mass is 1070 g/mol. The standard InChI is InChI=1S/C28H26N6O2.C19H16BrN5O.C8H10BNO3/c1-2-30-27(35)21-10-8-20(9-11-21)24-18-32-33-14-13-22(15-25(24)33)28(36)34(23-5-3-4-6-23)26-12-7-19(16-29)17-31-26;20-16-12-23-24-8-7-14(9-17(16)24)19(26)25(15-3-1-2-4-15)18-6-5-13(10-21)11-22-18;1-10-8(11)6-2-4-7(5-3-6)9(12)13/h7-15,17-18,23H,2-6H2,1H3,(H,30,35);5-9,11-12,15H,1-4H2;2-5,12-13H,1H3,(H,10,11). The number of carbonyl (C=O) groups excluding carboxylic acids is 4. The number of nitrogens with one attached hydrogen (secondary N) is 2. The van der Waals surface area contributed by atoms with Crippen molar-refractivity contribution in [2.45, 2.75) is 70.4 Å². The van der Waals surface area contributed by atoms with Crippen molar-refractivity contribution in [3.8, 4) is 23.3 Å². The van der Waals surface area contributed by atoms with E-state index in [4.69, 9.17) is 20.6 Å². The van der Waals surface area contributed by atoms with E-state index in [0.717, 1.165) is 78.0 Å². The molecule has 378 valence electrons. The van der Waals surface area contributed by atoms with E-state index in [0.29, 0.717) is 57.0 Å². The van der Waals surface area contributed by atoms with Crippen molar-refractivity contribution in [2.75, 3.05) is 23.4 Å². The predicted molar refractivity (Wildman–Crippen MR) is 287 cm³/mol. The van der Waals surface area contributed by atoms with Crippen molar-refractivity contribution < 1.29 is 29.2 Å². The maximum absolute atomic E-state index is 13.8. The fraction of sp³-hybridized carbons (Fsp3) is 0.236. The van der Waals surface area contributed by atoms with Crippen molar-refractivity contribution in [2.24, 2.45) is 0 Å². The van der Waals surface area contributed by atoms with Crippen LogP contribution in [0.5, 0.6) is 0 Å². The van der Waals surface area contributed by atoms with Gasteiger partial charge in [-0.1, -0.05) is 49.9 Å². The van der Waals surface area contributed by atoms with E-state index in [1.807, 2.05) is 31.2 Å². The fourth-order valence-corrected chi connectivity index (χ4v) is 9.53. The van der Waals surface area contributed by atoms with Crippen LogP contribution in [0.3, 0.4) is 0 Å². The van der Waals surface area contributed by atoms with Gasteiger partial charge in [-0.05, 0) is 132 Å². The molecule has 2 aliphatic carbocycles. The summed E-state index contributed by atoms with van der Waals surface area (Å²) in [6, 6.07) is 31.9. The van der Waals surface area contributed by atoms with Gasteiger partial charge in [0.05, 0.1) is 39.0 Å². The van der Waals surface area contributed by atoms with Crippen molar-refractivity contribution in [1.82, 2.24) is 39.8 Å². The third-order valence-corrected chi connectivity index (χ3v) is 13.7. The van der Waals surface area contributed by atoms with Crippen molar-refractivity contribution >= 4 is 74.8 Å². The maximum atomic E-state index is 13.8. The van der Waals surface area contributed by atoms with Gasteiger partial charge in [0.1, 0.15) is 23.8 Å². The molecule has 4 amide bonds. The lowest BCUT2D eigenvalue weighted by atomic mass is 9.80. The summed E-state index contributed by atoms with van der Waals surface area (Å²) < 4.78 is 4.31. The Labute approximate surface area is 441 Å². The SMILES string of the molecule is CCNC(=O)c1ccc(-c2cnn3ccc(C(=O)N(c4ccc(C#N)cn4)C4CCCC4)cc23)cc1.CNC(=O)c1ccc(B(O)O)cc1.N#Cc1ccc(N(C(=O)c2ccn3ncc(Br)c3c2)C2CCCC2)nc1. The number of rotatable bonds is 11. The molecule has 20 heteroatoms. The molecule has 0 saturated heterocycles. The molecule has 10 rings (SSSR count). The van der Waals surface area contributed by atoms with Crippen LogP contribution >= 0.6 is 15.9 Å². The van der Waals surface area contributed by atoms with E-state index in [9.17, 15) is 19.2 Å². The van der Waals surface area contributed by atoms with Gasteiger partial charge in [-0.15, -0.1) is 0 Å². The Morgan fingerprint density at radius 2 is 1.13 bits per heavy atom. The number of halogens is 1. The number of amides is 4. The van der Waals surface area contributed by atoms with Crippen LogP contribution in [0.1, 0.15) is 111 Å². The Hall–Kier alpha value is -8.56.